The van der Waals surface area contributed by atoms with E-state index in [0.29, 0.717) is 0 Å². The number of nitrogens with one attached hydrogen (secondary N) is 1. The van der Waals surface area contributed by atoms with Crippen LogP contribution in [0.4, 0.5) is 0 Å². The van der Waals surface area contributed by atoms with E-state index >= 15 is 0 Å². The summed E-state index contributed by atoms with van der Waals surface area (Å²) in [5, 5.41) is 3.41. The SMILES string of the molecule is C1CN(CC2CCSCC2)CCN1. The highest BCUT2D eigenvalue weighted by Gasteiger charge is 2.18. The van der Waals surface area contributed by atoms with Gasteiger partial charge < -0.3 is 10.2 Å². The molecular weight excluding hydrogens is 180 g/mol. The van der Waals surface area contributed by atoms with Gasteiger partial charge in [0.05, 0.1) is 0 Å². The third kappa shape index (κ3) is 3.15. The largest absolute Gasteiger partial charge is 0.314 e. The summed E-state index contributed by atoms with van der Waals surface area (Å²) in [5.74, 6) is 3.80. The second kappa shape index (κ2) is 5.23. The summed E-state index contributed by atoms with van der Waals surface area (Å²) < 4.78 is 0. The molecule has 0 bridgehead atoms. The smallest absolute Gasteiger partial charge is 0.0107 e. The lowest BCUT2D eigenvalue weighted by atomic mass is 10.0. The Labute approximate surface area is 85.4 Å². The fourth-order valence-electron chi connectivity index (χ4n) is 2.19. The molecule has 0 aliphatic carbocycles. The molecule has 0 aromatic carbocycles. The first-order chi connectivity index (χ1) is 6.45. The Balaban J connectivity index is 1.69. The number of piperazine rings is 1. The van der Waals surface area contributed by atoms with Gasteiger partial charge in [0.1, 0.15) is 0 Å². The first-order valence-corrected chi connectivity index (χ1v) is 6.61. The summed E-state index contributed by atoms with van der Waals surface area (Å²) in [4.78, 5) is 2.64. The van der Waals surface area contributed by atoms with Gasteiger partial charge in [-0.2, -0.15) is 11.8 Å². The average molecular weight is 200 g/mol. The quantitative estimate of drug-likeness (QED) is 0.717. The van der Waals surface area contributed by atoms with Crippen LogP contribution in [-0.2, 0) is 0 Å². The lowest BCUT2D eigenvalue weighted by Gasteiger charge is -2.32. The second-order valence-electron chi connectivity index (χ2n) is 4.11. The van der Waals surface area contributed by atoms with E-state index in [0.717, 1.165) is 5.92 Å². The van der Waals surface area contributed by atoms with Gasteiger partial charge in [-0.15, -0.1) is 0 Å². The zero-order valence-corrected chi connectivity index (χ0v) is 9.11. The van der Waals surface area contributed by atoms with Crippen molar-refractivity contribution in [1.29, 1.82) is 0 Å². The zero-order valence-electron chi connectivity index (χ0n) is 8.30. The standard InChI is InChI=1S/C10H20N2S/c1-7-13-8-2-10(1)9-12-5-3-11-4-6-12/h10-11H,1-9H2. The molecule has 0 amide bonds. The maximum Gasteiger partial charge on any atom is 0.0107 e. The highest BCUT2D eigenvalue weighted by molar-refractivity contribution is 7.99. The van der Waals surface area contributed by atoms with Crippen molar-refractivity contribution in [2.75, 3.05) is 44.2 Å². The molecular formula is C10H20N2S. The Kier molecular flexibility index (Phi) is 3.94. The van der Waals surface area contributed by atoms with Gasteiger partial charge in [-0.25, -0.2) is 0 Å². The number of rotatable bonds is 2. The third-order valence-corrected chi connectivity index (χ3v) is 4.12. The molecule has 0 aromatic rings. The fraction of sp³-hybridized carbons (Fsp3) is 1.00. The predicted octanol–water partition coefficient (Wildman–Crippen LogP) is 1.03. The maximum atomic E-state index is 3.41. The summed E-state index contributed by atoms with van der Waals surface area (Å²) in [5.41, 5.74) is 0. The molecule has 0 spiro atoms. The van der Waals surface area contributed by atoms with Crippen molar-refractivity contribution in [3.63, 3.8) is 0 Å². The van der Waals surface area contributed by atoms with Gasteiger partial charge in [-0.05, 0) is 30.3 Å². The molecule has 3 heteroatoms. The first-order valence-electron chi connectivity index (χ1n) is 5.46. The number of hydrogen-bond donors (Lipinski definition) is 1. The van der Waals surface area contributed by atoms with E-state index in [4.69, 9.17) is 0 Å². The molecule has 2 rings (SSSR count). The van der Waals surface area contributed by atoms with Crippen LogP contribution >= 0.6 is 11.8 Å². The minimum atomic E-state index is 0.999. The number of hydrogen-bond acceptors (Lipinski definition) is 3. The molecule has 0 aromatic heterocycles. The summed E-state index contributed by atoms with van der Waals surface area (Å²) in [6.07, 6.45) is 2.91. The van der Waals surface area contributed by atoms with Crippen LogP contribution in [0, 0.1) is 5.92 Å². The molecule has 2 saturated heterocycles. The van der Waals surface area contributed by atoms with E-state index in [-0.39, 0.29) is 0 Å². The minimum Gasteiger partial charge on any atom is -0.314 e. The van der Waals surface area contributed by atoms with Crippen LogP contribution in [0.25, 0.3) is 0 Å². The number of nitrogens with zero attached hydrogens (tertiary/aromatic N) is 1. The zero-order chi connectivity index (χ0) is 8.93. The summed E-state index contributed by atoms with van der Waals surface area (Å²) in [7, 11) is 0. The molecule has 2 heterocycles. The normalized spacial score (nSPS) is 27.7. The van der Waals surface area contributed by atoms with Gasteiger partial charge in [-0.1, -0.05) is 0 Å². The molecule has 0 atom stereocenters. The molecule has 0 unspecified atom stereocenters. The van der Waals surface area contributed by atoms with Crippen LogP contribution in [0.5, 0.6) is 0 Å². The van der Waals surface area contributed by atoms with Crippen LogP contribution in [0.3, 0.4) is 0 Å². The van der Waals surface area contributed by atoms with E-state index in [9.17, 15) is 0 Å². The van der Waals surface area contributed by atoms with Crippen LogP contribution in [0.15, 0.2) is 0 Å². The van der Waals surface area contributed by atoms with Crippen molar-refractivity contribution >= 4 is 11.8 Å². The van der Waals surface area contributed by atoms with Gasteiger partial charge in [0.2, 0.25) is 0 Å². The van der Waals surface area contributed by atoms with E-state index in [1.807, 2.05) is 0 Å². The highest BCUT2D eigenvalue weighted by Crippen LogP contribution is 2.23. The van der Waals surface area contributed by atoms with Crippen molar-refractivity contribution < 1.29 is 0 Å². The highest BCUT2D eigenvalue weighted by atomic mass is 32.2. The average Bonchev–Trinajstić information content (AvgIpc) is 2.21. The fourth-order valence-corrected chi connectivity index (χ4v) is 3.39. The molecule has 13 heavy (non-hydrogen) atoms. The number of thioether (sulfide) groups is 1. The molecule has 2 aliphatic heterocycles. The van der Waals surface area contributed by atoms with Crippen molar-refractivity contribution in [2.45, 2.75) is 12.8 Å². The van der Waals surface area contributed by atoms with Crippen LogP contribution < -0.4 is 5.32 Å². The molecule has 2 fully saturated rings. The molecule has 2 nitrogen and oxygen atoms in total. The Morgan fingerprint density at radius 3 is 2.54 bits per heavy atom. The van der Waals surface area contributed by atoms with E-state index in [1.165, 1.54) is 57.1 Å². The van der Waals surface area contributed by atoms with Crippen molar-refractivity contribution in [2.24, 2.45) is 5.92 Å². The lowest BCUT2D eigenvalue weighted by Crippen LogP contribution is -2.45. The Hall–Kier alpha value is 0.270. The topological polar surface area (TPSA) is 15.3 Å². The first kappa shape index (κ1) is 9.81. The summed E-state index contributed by atoms with van der Waals surface area (Å²) >= 11 is 2.13. The summed E-state index contributed by atoms with van der Waals surface area (Å²) in [6, 6.07) is 0. The minimum absolute atomic E-state index is 0.999. The molecule has 76 valence electrons. The van der Waals surface area contributed by atoms with Gasteiger partial charge in [0.25, 0.3) is 0 Å². The predicted molar refractivity (Wildman–Crippen MR) is 59.4 cm³/mol. The Morgan fingerprint density at radius 2 is 1.85 bits per heavy atom. The van der Waals surface area contributed by atoms with Gasteiger partial charge >= 0.3 is 0 Å². The lowest BCUT2D eigenvalue weighted by molar-refractivity contribution is 0.200. The van der Waals surface area contributed by atoms with E-state index < -0.39 is 0 Å². The molecule has 0 saturated carbocycles. The molecule has 1 N–H and O–H groups in total. The van der Waals surface area contributed by atoms with Gasteiger partial charge in [-0.3, -0.25) is 0 Å². The van der Waals surface area contributed by atoms with Crippen molar-refractivity contribution in [3.8, 4) is 0 Å². The van der Waals surface area contributed by atoms with Crippen molar-refractivity contribution in [1.82, 2.24) is 10.2 Å². The Bertz CT molecular complexity index is 124. The summed E-state index contributed by atoms with van der Waals surface area (Å²) in [6.45, 7) is 6.29. The van der Waals surface area contributed by atoms with Crippen molar-refractivity contribution in [3.05, 3.63) is 0 Å². The third-order valence-electron chi connectivity index (χ3n) is 3.07. The Morgan fingerprint density at radius 1 is 1.15 bits per heavy atom. The van der Waals surface area contributed by atoms with Gasteiger partial charge in [0, 0.05) is 32.7 Å². The van der Waals surface area contributed by atoms with Crippen LogP contribution in [0.1, 0.15) is 12.8 Å². The maximum absolute atomic E-state index is 3.41. The van der Waals surface area contributed by atoms with Crippen LogP contribution in [0.2, 0.25) is 0 Å². The van der Waals surface area contributed by atoms with Gasteiger partial charge in [0.15, 0.2) is 0 Å². The second-order valence-corrected chi connectivity index (χ2v) is 5.33. The molecule has 0 radical (unpaired) electrons. The van der Waals surface area contributed by atoms with Crippen LogP contribution in [-0.4, -0.2) is 49.1 Å². The van der Waals surface area contributed by atoms with E-state index in [1.54, 1.807) is 0 Å². The monoisotopic (exact) mass is 200 g/mol. The van der Waals surface area contributed by atoms with E-state index in [2.05, 4.69) is 22.0 Å². The molecule has 2 aliphatic rings.